The highest BCUT2D eigenvalue weighted by molar-refractivity contribution is 7.93. The number of hydrogen-bond acceptors (Lipinski definition) is 5. The van der Waals surface area contributed by atoms with E-state index in [2.05, 4.69) is 5.32 Å². The Labute approximate surface area is 187 Å². The number of benzene rings is 3. The third-order valence-corrected chi connectivity index (χ3v) is 7.02. The Bertz CT molecular complexity index is 1230. The van der Waals surface area contributed by atoms with Crippen LogP contribution in [0.5, 0.6) is 11.5 Å². The van der Waals surface area contributed by atoms with E-state index in [1.807, 2.05) is 37.3 Å². The fourth-order valence-electron chi connectivity index (χ4n) is 3.57. The first-order valence-electron chi connectivity index (χ1n) is 10.1. The minimum Gasteiger partial charge on any atom is -0.495 e. The smallest absolute Gasteiger partial charge is 0.268 e. The number of amides is 1. The predicted octanol–water partition coefficient (Wildman–Crippen LogP) is 3.28. The van der Waals surface area contributed by atoms with Crippen molar-refractivity contribution in [1.29, 1.82) is 0 Å². The van der Waals surface area contributed by atoms with Gasteiger partial charge in [0.15, 0.2) is 6.10 Å². The highest BCUT2D eigenvalue weighted by atomic mass is 32.2. The zero-order valence-electron chi connectivity index (χ0n) is 17.8. The zero-order valence-corrected chi connectivity index (χ0v) is 18.6. The molecule has 0 aromatic heterocycles. The van der Waals surface area contributed by atoms with Gasteiger partial charge >= 0.3 is 0 Å². The maximum Gasteiger partial charge on any atom is 0.268 e. The molecule has 32 heavy (non-hydrogen) atoms. The topological polar surface area (TPSA) is 84.9 Å². The van der Waals surface area contributed by atoms with Crippen LogP contribution in [-0.4, -0.2) is 34.1 Å². The van der Waals surface area contributed by atoms with Gasteiger partial charge in [-0.25, -0.2) is 8.42 Å². The van der Waals surface area contributed by atoms with E-state index >= 15 is 0 Å². The van der Waals surface area contributed by atoms with Crippen molar-refractivity contribution in [2.24, 2.45) is 0 Å². The van der Waals surface area contributed by atoms with Crippen molar-refractivity contribution in [1.82, 2.24) is 5.32 Å². The fourth-order valence-corrected chi connectivity index (χ4v) is 5.29. The number of fused-ring (bicyclic) bond motifs is 1. The second-order valence-corrected chi connectivity index (χ2v) is 9.30. The number of nitrogens with one attached hydrogen (secondary N) is 1. The Hall–Kier alpha value is -3.52. The van der Waals surface area contributed by atoms with Crippen LogP contribution in [0, 0.1) is 6.92 Å². The lowest BCUT2D eigenvalue weighted by Crippen LogP contribution is -2.50. The van der Waals surface area contributed by atoms with Gasteiger partial charge in [0, 0.05) is 6.54 Å². The van der Waals surface area contributed by atoms with E-state index in [0.29, 0.717) is 18.0 Å². The van der Waals surface area contributed by atoms with Gasteiger partial charge in [-0.05, 0) is 42.3 Å². The summed E-state index contributed by atoms with van der Waals surface area (Å²) in [5.74, 6) is 0.179. The molecule has 0 aliphatic carbocycles. The van der Waals surface area contributed by atoms with Crippen LogP contribution in [0.2, 0.25) is 0 Å². The molecule has 3 aromatic rings. The number of aryl methyl sites for hydroxylation is 1. The first kappa shape index (κ1) is 21.7. The van der Waals surface area contributed by atoms with E-state index in [0.717, 1.165) is 11.1 Å². The largest absolute Gasteiger partial charge is 0.495 e. The number of ether oxygens (including phenoxy) is 2. The standard InChI is InChI=1S/C24H24N2O5S/c1-17-12-13-21(30-2)23(14-17)32(28,29)26-16-22(31-20-11-7-6-10-19(20)26)24(27)25-15-18-8-4-3-5-9-18/h3-14,22H,15-16H2,1-2H3,(H,25,27)/t22-/m0/s1. The van der Waals surface area contributed by atoms with Gasteiger partial charge in [-0.3, -0.25) is 9.10 Å². The average molecular weight is 453 g/mol. The van der Waals surface area contributed by atoms with Crippen LogP contribution in [0.4, 0.5) is 5.69 Å². The van der Waals surface area contributed by atoms with Gasteiger partial charge in [0.1, 0.15) is 16.4 Å². The Morgan fingerprint density at radius 1 is 1.09 bits per heavy atom. The normalized spacial score (nSPS) is 15.4. The number of carbonyl (C=O) groups excluding carboxylic acids is 1. The van der Waals surface area contributed by atoms with Crippen LogP contribution in [0.15, 0.2) is 77.7 Å². The summed E-state index contributed by atoms with van der Waals surface area (Å²) >= 11 is 0. The SMILES string of the molecule is COc1ccc(C)cc1S(=O)(=O)N1C[C@@H](C(=O)NCc2ccccc2)Oc2ccccc21. The molecule has 0 saturated carbocycles. The number of nitrogens with zero attached hydrogens (tertiary/aromatic N) is 1. The van der Waals surface area contributed by atoms with E-state index in [-0.39, 0.29) is 23.1 Å². The number of para-hydroxylation sites is 2. The second-order valence-electron chi connectivity index (χ2n) is 7.47. The highest BCUT2D eigenvalue weighted by Crippen LogP contribution is 2.38. The van der Waals surface area contributed by atoms with E-state index in [1.54, 1.807) is 42.5 Å². The maximum absolute atomic E-state index is 13.7. The number of hydrogen-bond donors (Lipinski definition) is 1. The average Bonchev–Trinajstić information content (AvgIpc) is 2.82. The highest BCUT2D eigenvalue weighted by Gasteiger charge is 2.38. The van der Waals surface area contributed by atoms with Crippen molar-refractivity contribution in [3.63, 3.8) is 0 Å². The summed E-state index contributed by atoms with van der Waals surface area (Å²) in [4.78, 5) is 12.9. The molecule has 1 amide bonds. The first-order chi connectivity index (χ1) is 15.4. The van der Waals surface area contributed by atoms with Crippen LogP contribution in [0.3, 0.4) is 0 Å². The van der Waals surface area contributed by atoms with E-state index in [4.69, 9.17) is 9.47 Å². The molecule has 166 valence electrons. The van der Waals surface area contributed by atoms with E-state index in [1.165, 1.54) is 11.4 Å². The molecule has 1 atom stereocenters. The molecule has 7 nitrogen and oxygen atoms in total. The van der Waals surface area contributed by atoms with Crippen LogP contribution in [-0.2, 0) is 21.4 Å². The summed E-state index contributed by atoms with van der Waals surface area (Å²) in [7, 11) is -2.60. The Morgan fingerprint density at radius 3 is 2.56 bits per heavy atom. The van der Waals surface area contributed by atoms with Crippen LogP contribution >= 0.6 is 0 Å². The first-order valence-corrected chi connectivity index (χ1v) is 11.6. The lowest BCUT2D eigenvalue weighted by Gasteiger charge is -2.35. The van der Waals surface area contributed by atoms with E-state index < -0.39 is 16.1 Å². The summed E-state index contributed by atoms with van der Waals surface area (Å²) < 4.78 is 39.8. The molecular weight excluding hydrogens is 428 g/mol. The van der Waals surface area contributed by atoms with Crippen molar-refractivity contribution in [3.8, 4) is 11.5 Å². The minimum atomic E-state index is -4.03. The molecule has 1 aliphatic rings. The van der Waals surface area contributed by atoms with E-state index in [9.17, 15) is 13.2 Å². The number of sulfonamides is 1. The quantitative estimate of drug-likeness (QED) is 0.621. The summed E-state index contributed by atoms with van der Waals surface area (Å²) in [6.07, 6.45) is -1.00. The van der Waals surface area contributed by atoms with Crippen LogP contribution in [0.1, 0.15) is 11.1 Å². The maximum atomic E-state index is 13.7. The zero-order chi connectivity index (χ0) is 22.7. The molecule has 1 heterocycles. The van der Waals surface area contributed by atoms with Gasteiger partial charge < -0.3 is 14.8 Å². The van der Waals surface area contributed by atoms with Crippen molar-refractivity contribution in [2.45, 2.75) is 24.5 Å². The number of anilines is 1. The lowest BCUT2D eigenvalue weighted by atomic mass is 10.2. The molecule has 0 unspecified atom stereocenters. The second kappa shape index (κ2) is 8.92. The molecule has 8 heteroatoms. The van der Waals surface area contributed by atoms with Gasteiger partial charge in [0.25, 0.3) is 15.9 Å². The van der Waals surface area contributed by atoms with Gasteiger partial charge in [0.2, 0.25) is 0 Å². The Balaban J connectivity index is 1.66. The lowest BCUT2D eigenvalue weighted by molar-refractivity contribution is -0.127. The summed E-state index contributed by atoms with van der Waals surface area (Å²) in [6, 6.07) is 21.2. The summed E-state index contributed by atoms with van der Waals surface area (Å²) in [5, 5.41) is 2.83. The van der Waals surface area contributed by atoms with Gasteiger partial charge in [0.05, 0.1) is 19.3 Å². The molecule has 0 bridgehead atoms. The molecule has 0 saturated heterocycles. The Kier molecular flexibility index (Phi) is 6.05. The molecular formula is C24H24N2O5S. The van der Waals surface area contributed by atoms with Gasteiger partial charge in [-0.2, -0.15) is 0 Å². The number of methoxy groups -OCH3 is 1. The molecule has 3 aromatic carbocycles. The third-order valence-electron chi connectivity index (χ3n) is 5.22. The van der Waals surface area contributed by atoms with Gasteiger partial charge in [-0.1, -0.05) is 48.5 Å². The molecule has 0 spiro atoms. The van der Waals surface area contributed by atoms with Crippen LogP contribution < -0.4 is 19.1 Å². The van der Waals surface area contributed by atoms with Crippen LogP contribution in [0.25, 0.3) is 0 Å². The van der Waals surface area contributed by atoms with Crippen molar-refractivity contribution < 1.29 is 22.7 Å². The minimum absolute atomic E-state index is 0.0418. The molecule has 0 radical (unpaired) electrons. The molecule has 1 N–H and O–H groups in total. The fraction of sp³-hybridized carbons (Fsp3) is 0.208. The predicted molar refractivity (Wildman–Crippen MR) is 121 cm³/mol. The van der Waals surface area contributed by atoms with Gasteiger partial charge in [-0.15, -0.1) is 0 Å². The van der Waals surface area contributed by atoms with Crippen molar-refractivity contribution in [3.05, 3.63) is 83.9 Å². The summed E-state index contributed by atoms with van der Waals surface area (Å²) in [5.41, 5.74) is 2.09. The molecule has 1 aliphatic heterocycles. The monoisotopic (exact) mass is 452 g/mol. The molecule has 0 fully saturated rings. The van der Waals surface area contributed by atoms with Crippen molar-refractivity contribution in [2.75, 3.05) is 18.0 Å². The summed E-state index contributed by atoms with van der Waals surface area (Å²) in [6.45, 7) is 1.97. The third kappa shape index (κ3) is 4.27. The van der Waals surface area contributed by atoms with Crippen molar-refractivity contribution >= 4 is 21.6 Å². The number of rotatable bonds is 6. The number of carbonyl (C=O) groups is 1. The Morgan fingerprint density at radius 2 is 1.81 bits per heavy atom. The molecule has 4 rings (SSSR count).